The van der Waals surface area contributed by atoms with Gasteiger partial charge >= 0.3 is 0 Å². The first kappa shape index (κ1) is 14.6. The predicted octanol–water partition coefficient (Wildman–Crippen LogP) is 2.74. The second-order valence-electron chi connectivity index (χ2n) is 4.91. The fraction of sp³-hybridized carbons (Fsp3) is 0.533. The SMILES string of the molecule is CCCNC(N)=NCC(c1ccccc1)C(C)C. The Morgan fingerprint density at radius 2 is 1.94 bits per heavy atom. The van der Waals surface area contributed by atoms with Gasteiger partial charge < -0.3 is 11.1 Å². The second-order valence-corrected chi connectivity index (χ2v) is 4.91. The number of hydrogen-bond donors (Lipinski definition) is 2. The van der Waals surface area contributed by atoms with Gasteiger partial charge in [-0.15, -0.1) is 0 Å². The van der Waals surface area contributed by atoms with Gasteiger partial charge in [-0.25, -0.2) is 0 Å². The molecule has 0 aliphatic rings. The highest BCUT2D eigenvalue weighted by atomic mass is 15.1. The largest absolute Gasteiger partial charge is 0.370 e. The highest BCUT2D eigenvalue weighted by molar-refractivity contribution is 5.77. The van der Waals surface area contributed by atoms with Crippen LogP contribution in [0.2, 0.25) is 0 Å². The van der Waals surface area contributed by atoms with E-state index in [1.807, 2.05) is 6.07 Å². The van der Waals surface area contributed by atoms with Gasteiger partial charge in [-0.1, -0.05) is 51.1 Å². The monoisotopic (exact) mass is 247 g/mol. The topological polar surface area (TPSA) is 50.4 Å². The van der Waals surface area contributed by atoms with Gasteiger partial charge in [0, 0.05) is 19.0 Å². The molecule has 0 spiro atoms. The molecule has 0 aliphatic heterocycles. The molecule has 18 heavy (non-hydrogen) atoms. The van der Waals surface area contributed by atoms with Crippen molar-refractivity contribution < 1.29 is 0 Å². The minimum atomic E-state index is 0.424. The zero-order valence-corrected chi connectivity index (χ0v) is 11.7. The van der Waals surface area contributed by atoms with E-state index in [0.29, 0.717) is 17.8 Å². The van der Waals surface area contributed by atoms with Crippen LogP contribution in [0.4, 0.5) is 0 Å². The Bertz CT molecular complexity index is 357. The molecule has 0 aromatic heterocycles. The first-order valence-electron chi connectivity index (χ1n) is 6.73. The summed E-state index contributed by atoms with van der Waals surface area (Å²) in [6.45, 7) is 8.18. The van der Waals surface area contributed by atoms with Crippen LogP contribution in [-0.4, -0.2) is 19.0 Å². The molecule has 0 radical (unpaired) electrons. The van der Waals surface area contributed by atoms with Crippen molar-refractivity contribution in [1.82, 2.24) is 5.32 Å². The van der Waals surface area contributed by atoms with Crippen molar-refractivity contribution in [2.75, 3.05) is 13.1 Å². The first-order valence-corrected chi connectivity index (χ1v) is 6.73. The van der Waals surface area contributed by atoms with Crippen LogP contribution in [-0.2, 0) is 0 Å². The molecular formula is C15H25N3. The molecule has 1 rings (SSSR count). The van der Waals surface area contributed by atoms with Crippen LogP contribution >= 0.6 is 0 Å². The molecule has 1 aromatic carbocycles. The lowest BCUT2D eigenvalue weighted by atomic mass is 9.88. The molecule has 3 nitrogen and oxygen atoms in total. The molecule has 1 aromatic rings. The van der Waals surface area contributed by atoms with Crippen molar-refractivity contribution in [1.29, 1.82) is 0 Å². The molecule has 3 N–H and O–H groups in total. The Hall–Kier alpha value is -1.51. The average Bonchev–Trinajstić information content (AvgIpc) is 2.37. The van der Waals surface area contributed by atoms with Gasteiger partial charge in [-0.05, 0) is 17.9 Å². The highest BCUT2D eigenvalue weighted by Gasteiger charge is 2.14. The van der Waals surface area contributed by atoms with Crippen LogP contribution in [0.1, 0.15) is 38.7 Å². The summed E-state index contributed by atoms with van der Waals surface area (Å²) in [4.78, 5) is 4.44. The van der Waals surface area contributed by atoms with E-state index < -0.39 is 0 Å². The van der Waals surface area contributed by atoms with E-state index in [-0.39, 0.29) is 0 Å². The molecule has 1 unspecified atom stereocenters. The summed E-state index contributed by atoms with van der Waals surface area (Å²) >= 11 is 0. The van der Waals surface area contributed by atoms with Crippen LogP contribution < -0.4 is 11.1 Å². The maximum absolute atomic E-state index is 5.83. The van der Waals surface area contributed by atoms with Gasteiger partial charge in [0.1, 0.15) is 0 Å². The number of hydrogen-bond acceptors (Lipinski definition) is 1. The maximum Gasteiger partial charge on any atom is 0.188 e. The van der Waals surface area contributed by atoms with E-state index in [1.54, 1.807) is 0 Å². The van der Waals surface area contributed by atoms with Gasteiger partial charge in [-0.2, -0.15) is 0 Å². The number of guanidine groups is 1. The van der Waals surface area contributed by atoms with Crippen molar-refractivity contribution in [3.63, 3.8) is 0 Å². The third kappa shape index (κ3) is 4.78. The summed E-state index contributed by atoms with van der Waals surface area (Å²) in [6.07, 6.45) is 1.06. The molecule has 0 saturated carbocycles. The number of nitrogens with one attached hydrogen (secondary N) is 1. The van der Waals surface area contributed by atoms with Gasteiger partial charge in [0.15, 0.2) is 5.96 Å². The average molecular weight is 247 g/mol. The Morgan fingerprint density at radius 1 is 1.28 bits per heavy atom. The second kappa shape index (κ2) is 7.75. The molecule has 0 bridgehead atoms. The fourth-order valence-corrected chi connectivity index (χ4v) is 1.91. The molecule has 0 amide bonds. The molecule has 100 valence electrons. The lowest BCUT2D eigenvalue weighted by Gasteiger charge is -2.19. The number of nitrogens with zero attached hydrogens (tertiary/aromatic N) is 1. The van der Waals surface area contributed by atoms with Crippen LogP contribution in [0.3, 0.4) is 0 Å². The first-order chi connectivity index (χ1) is 8.65. The lowest BCUT2D eigenvalue weighted by Crippen LogP contribution is -2.32. The van der Waals surface area contributed by atoms with Crippen molar-refractivity contribution in [2.24, 2.45) is 16.6 Å². The fourth-order valence-electron chi connectivity index (χ4n) is 1.91. The number of rotatable bonds is 6. The Morgan fingerprint density at radius 3 is 2.50 bits per heavy atom. The van der Waals surface area contributed by atoms with Crippen molar-refractivity contribution in [3.05, 3.63) is 35.9 Å². The summed E-state index contributed by atoms with van der Waals surface area (Å²) in [7, 11) is 0. The van der Waals surface area contributed by atoms with Gasteiger partial charge in [0.25, 0.3) is 0 Å². The Balaban J connectivity index is 2.65. The molecule has 0 aliphatic carbocycles. The zero-order valence-electron chi connectivity index (χ0n) is 11.7. The van der Waals surface area contributed by atoms with Crippen LogP contribution in [0.5, 0.6) is 0 Å². The normalized spacial score (nSPS) is 13.7. The van der Waals surface area contributed by atoms with Crippen molar-refractivity contribution in [3.8, 4) is 0 Å². The van der Waals surface area contributed by atoms with Gasteiger partial charge in [-0.3, -0.25) is 4.99 Å². The molecule has 1 atom stereocenters. The molecule has 0 heterocycles. The summed E-state index contributed by atoms with van der Waals surface area (Å²) in [5, 5.41) is 3.11. The van der Waals surface area contributed by atoms with E-state index in [2.05, 4.69) is 55.3 Å². The summed E-state index contributed by atoms with van der Waals surface area (Å²) in [5.74, 6) is 1.53. The standard InChI is InChI=1S/C15H25N3/c1-4-10-17-15(16)18-11-14(12(2)3)13-8-6-5-7-9-13/h5-9,12,14H,4,10-11H2,1-3H3,(H3,16,17,18). The van der Waals surface area contributed by atoms with E-state index in [9.17, 15) is 0 Å². The van der Waals surface area contributed by atoms with Crippen LogP contribution in [0.15, 0.2) is 35.3 Å². The molecule has 0 fully saturated rings. The van der Waals surface area contributed by atoms with E-state index in [1.165, 1.54) is 5.56 Å². The lowest BCUT2D eigenvalue weighted by molar-refractivity contribution is 0.506. The number of nitrogens with two attached hydrogens (primary N) is 1. The molecule has 0 saturated heterocycles. The van der Waals surface area contributed by atoms with E-state index in [4.69, 9.17) is 5.73 Å². The highest BCUT2D eigenvalue weighted by Crippen LogP contribution is 2.24. The minimum absolute atomic E-state index is 0.424. The summed E-state index contributed by atoms with van der Waals surface area (Å²) in [6, 6.07) is 10.5. The van der Waals surface area contributed by atoms with E-state index in [0.717, 1.165) is 19.5 Å². The Kier molecular flexibility index (Phi) is 6.26. The smallest absolute Gasteiger partial charge is 0.188 e. The van der Waals surface area contributed by atoms with Crippen LogP contribution in [0.25, 0.3) is 0 Å². The summed E-state index contributed by atoms with van der Waals surface area (Å²) < 4.78 is 0. The van der Waals surface area contributed by atoms with E-state index >= 15 is 0 Å². The van der Waals surface area contributed by atoms with Gasteiger partial charge in [0.05, 0.1) is 0 Å². The molecule has 3 heteroatoms. The Labute approximate surface area is 111 Å². The number of aliphatic imine (C=N–C) groups is 1. The quantitative estimate of drug-likeness (QED) is 0.600. The third-order valence-electron chi connectivity index (χ3n) is 3.05. The minimum Gasteiger partial charge on any atom is -0.370 e. The maximum atomic E-state index is 5.83. The summed E-state index contributed by atoms with van der Waals surface area (Å²) in [5.41, 5.74) is 7.16. The zero-order chi connectivity index (χ0) is 13.4. The third-order valence-corrected chi connectivity index (χ3v) is 3.05. The number of benzene rings is 1. The predicted molar refractivity (Wildman–Crippen MR) is 78.8 cm³/mol. The van der Waals surface area contributed by atoms with Crippen molar-refractivity contribution >= 4 is 5.96 Å². The van der Waals surface area contributed by atoms with Gasteiger partial charge in [0.2, 0.25) is 0 Å². The van der Waals surface area contributed by atoms with Crippen LogP contribution in [0, 0.1) is 5.92 Å². The van der Waals surface area contributed by atoms with Crippen molar-refractivity contribution in [2.45, 2.75) is 33.1 Å². The molecular weight excluding hydrogens is 222 g/mol.